The van der Waals surface area contributed by atoms with Crippen molar-refractivity contribution in [2.45, 2.75) is 25.8 Å². The molecule has 2 rings (SSSR count). The number of nitrogens with two attached hydrogens (primary N) is 1. The first-order chi connectivity index (χ1) is 11.1. The minimum absolute atomic E-state index is 0. The number of likely N-dealkylation sites (tertiary alicyclic amines) is 1. The second kappa shape index (κ2) is 10.7. The molecule has 0 aromatic carbocycles. The maximum atomic E-state index is 12.2. The average Bonchev–Trinajstić information content (AvgIpc) is 3.07. The Labute approximate surface area is 153 Å². The fraction of sp³-hybridized carbons (Fsp3) is 0.625. The second-order valence-corrected chi connectivity index (χ2v) is 6.94. The summed E-state index contributed by atoms with van der Waals surface area (Å²) in [7, 11) is 0. The van der Waals surface area contributed by atoms with Crippen LogP contribution >= 0.6 is 23.7 Å². The molecule has 0 saturated carbocycles. The molecule has 2 amide bonds. The molecule has 1 aromatic heterocycles. The zero-order valence-corrected chi connectivity index (χ0v) is 15.6. The molecule has 8 heteroatoms. The van der Waals surface area contributed by atoms with Crippen LogP contribution in [0, 0.1) is 5.92 Å². The van der Waals surface area contributed by atoms with Crippen LogP contribution in [0.15, 0.2) is 17.5 Å². The van der Waals surface area contributed by atoms with Crippen molar-refractivity contribution in [3.63, 3.8) is 0 Å². The summed E-state index contributed by atoms with van der Waals surface area (Å²) in [6.45, 7) is 4.79. The predicted molar refractivity (Wildman–Crippen MR) is 99.4 cm³/mol. The Morgan fingerprint density at radius 3 is 2.96 bits per heavy atom. The van der Waals surface area contributed by atoms with Crippen LogP contribution in [0.4, 0.5) is 0 Å². The Kier molecular flexibility index (Phi) is 9.28. The molecule has 6 nitrogen and oxygen atoms in total. The lowest BCUT2D eigenvalue weighted by atomic mass is 9.97. The molecule has 0 spiro atoms. The lowest BCUT2D eigenvalue weighted by Gasteiger charge is -2.31. The summed E-state index contributed by atoms with van der Waals surface area (Å²) >= 11 is 1.64. The molecule has 0 aliphatic carbocycles. The van der Waals surface area contributed by atoms with Gasteiger partial charge in [-0.3, -0.25) is 14.5 Å². The van der Waals surface area contributed by atoms with E-state index in [2.05, 4.69) is 15.5 Å². The summed E-state index contributed by atoms with van der Waals surface area (Å²) in [6, 6.07) is 4.03. The molecule has 4 N–H and O–H groups in total. The zero-order chi connectivity index (χ0) is 16.7. The van der Waals surface area contributed by atoms with Crippen LogP contribution in [0.2, 0.25) is 0 Å². The highest BCUT2D eigenvalue weighted by Gasteiger charge is 2.26. The van der Waals surface area contributed by atoms with Gasteiger partial charge in [-0.1, -0.05) is 6.07 Å². The summed E-state index contributed by atoms with van der Waals surface area (Å²) in [5, 5.41) is 7.86. The van der Waals surface area contributed by atoms with Crippen LogP contribution in [0.25, 0.3) is 0 Å². The van der Waals surface area contributed by atoms with Crippen LogP contribution in [0.5, 0.6) is 0 Å². The molecule has 1 aliphatic rings. The van der Waals surface area contributed by atoms with Gasteiger partial charge in [0.15, 0.2) is 0 Å². The van der Waals surface area contributed by atoms with Crippen molar-refractivity contribution in [1.82, 2.24) is 15.5 Å². The van der Waals surface area contributed by atoms with Crippen molar-refractivity contribution in [2.24, 2.45) is 11.7 Å². The van der Waals surface area contributed by atoms with Gasteiger partial charge in [0.2, 0.25) is 11.8 Å². The Morgan fingerprint density at radius 2 is 2.29 bits per heavy atom. The topological polar surface area (TPSA) is 87.5 Å². The van der Waals surface area contributed by atoms with Crippen molar-refractivity contribution >= 4 is 35.6 Å². The number of rotatable bonds is 7. The van der Waals surface area contributed by atoms with Crippen LogP contribution in [0.3, 0.4) is 0 Å². The number of nitrogens with zero attached hydrogens (tertiary/aromatic N) is 1. The number of nitrogens with one attached hydrogen (secondary N) is 2. The molecular formula is C16H27ClN4O2S. The highest BCUT2D eigenvalue weighted by Crippen LogP contribution is 2.19. The van der Waals surface area contributed by atoms with Gasteiger partial charge in [-0.05, 0) is 37.8 Å². The number of thiophene rings is 1. The highest BCUT2D eigenvalue weighted by atomic mass is 35.5. The third kappa shape index (κ3) is 6.39. The van der Waals surface area contributed by atoms with Gasteiger partial charge in [0.25, 0.3) is 0 Å². The van der Waals surface area contributed by atoms with Crippen molar-refractivity contribution in [3.05, 3.63) is 22.4 Å². The highest BCUT2D eigenvalue weighted by molar-refractivity contribution is 7.10. The van der Waals surface area contributed by atoms with E-state index in [1.165, 1.54) is 0 Å². The third-order valence-corrected chi connectivity index (χ3v) is 5.09. The van der Waals surface area contributed by atoms with Crippen LogP contribution < -0.4 is 16.4 Å². The van der Waals surface area contributed by atoms with E-state index < -0.39 is 0 Å². The standard InChI is InChI=1S/C16H26N4O2S.ClH/c1-12(14-5-3-9-23-14)19-15(21)11-20-8-2-4-13(10-20)16(22)18-7-6-17;/h3,5,9,12-13H,2,4,6-8,10-11,17H2,1H3,(H,18,22)(H,19,21);1H. The number of carbonyl (C=O) groups is 2. The molecule has 1 saturated heterocycles. The van der Waals surface area contributed by atoms with Crippen molar-refractivity contribution in [2.75, 3.05) is 32.7 Å². The van der Waals surface area contributed by atoms with Crippen LogP contribution in [0.1, 0.15) is 30.7 Å². The van der Waals surface area contributed by atoms with Gasteiger partial charge >= 0.3 is 0 Å². The number of amides is 2. The molecule has 1 fully saturated rings. The summed E-state index contributed by atoms with van der Waals surface area (Å²) in [4.78, 5) is 27.4. The molecule has 0 bridgehead atoms. The Bertz CT molecular complexity index is 512. The Hall–Kier alpha value is -1.15. The largest absolute Gasteiger partial charge is 0.355 e. The summed E-state index contributed by atoms with van der Waals surface area (Å²) in [6.07, 6.45) is 1.81. The minimum atomic E-state index is -0.0437. The average molecular weight is 375 g/mol. The van der Waals surface area contributed by atoms with Crippen molar-refractivity contribution in [1.29, 1.82) is 0 Å². The van der Waals surface area contributed by atoms with Gasteiger partial charge < -0.3 is 16.4 Å². The van der Waals surface area contributed by atoms with Crippen molar-refractivity contribution < 1.29 is 9.59 Å². The molecule has 1 aromatic rings. The molecule has 136 valence electrons. The van der Waals surface area contributed by atoms with Gasteiger partial charge in [0, 0.05) is 24.5 Å². The zero-order valence-electron chi connectivity index (χ0n) is 14.0. The number of halogens is 1. The lowest BCUT2D eigenvalue weighted by Crippen LogP contribution is -2.47. The first kappa shape index (κ1) is 20.9. The van der Waals surface area contributed by atoms with E-state index >= 15 is 0 Å². The lowest BCUT2D eigenvalue weighted by molar-refractivity contribution is -0.129. The fourth-order valence-corrected chi connectivity index (χ4v) is 3.59. The molecular weight excluding hydrogens is 348 g/mol. The van der Waals surface area contributed by atoms with E-state index in [0.29, 0.717) is 26.2 Å². The maximum absolute atomic E-state index is 12.2. The fourth-order valence-electron chi connectivity index (χ4n) is 2.85. The van der Waals surface area contributed by atoms with E-state index in [4.69, 9.17) is 5.73 Å². The first-order valence-corrected chi connectivity index (χ1v) is 9.01. The van der Waals surface area contributed by atoms with Crippen LogP contribution in [-0.4, -0.2) is 49.4 Å². The van der Waals surface area contributed by atoms with Gasteiger partial charge in [-0.2, -0.15) is 0 Å². The summed E-state index contributed by atoms with van der Waals surface area (Å²) in [5.74, 6) is 0.0132. The molecule has 2 atom stereocenters. The normalized spacial score (nSPS) is 19.2. The van der Waals surface area contributed by atoms with E-state index in [1.54, 1.807) is 11.3 Å². The first-order valence-electron chi connectivity index (χ1n) is 8.13. The second-order valence-electron chi connectivity index (χ2n) is 5.96. The predicted octanol–water partition coefficient (Wildman–Crippen LogP) is 1.13. The summed E-state index contributed by atoms with van der Waals surface area (Å²) in [5.41, 5.74) is 5.41. The number of piperidine rings is 1. The number of hydrogen-bond acceptors (Lipinski definition) is 5. The SMILES string of the molecule is CC(NC(=O)CN1CCCC(C(=O)NCCN)C1)c1cccs1.Cl. The van der Waals surface area contributed by atoms with E-state index in [9.17, 15) is 9.59 Å². The van der Waals surface area contributed by atoms with E-state index in [-0.39, 0.29) is 36.2 Å². The molecule has 1 aliphatic heterocycles. The maximum Gasteiger partial charge on any atom is 0.234 e. The minimum Gasteiger partial charge on any atom is -0.355 e. The van der Waals surface area contributed by atoms with E-state index in [0.717, 1.165) is 24.3 Å². The van der Waals surface area contributed by atoms with Crippen molar-refractivity contribution in [3.8, 4) is 0 Å². The quantitative estimate of drug-likeness (QED) is 0.667. The summed E-state index contributed by atoms with van der Waals surface area (Å²) < 4.78 is 0. The van der Waals surface area contributed by atoms with Gasteiger partial charge in [-0.25, -0.2) is 0 Å². The monoisotopic (exact) mass is 374 g/mol. The van der Waals surface area contributed by atoms with Gasteiger partial charge in [0.1, 0.15) is 0 Å². The Balaban J connectivity index is 0.00000288. The smallest absolute Gasteiger partial charge is 0.234 e. The van der Waals surface area contributed by atoms with E-state index in [1.807, 2.05) is 24.4 Å². The molecule has 24 heavy (non-hydrogen) atoms. The Morgan fingerprint density at radius 1 is 1.50 bits per heavy atom. The number of carbonyl (C=O) groups excluding carboxylic acids is 2. The van der Waals surface area contributed by atoms with Gasteiger partial charge in [-0.15, -0.1) is 23.7 Å². The molecule has 2 heterocycles. The van der Waals surface area contributed by atoms with Gasteiger partial charge in [0.05, 0.1) is 18.5 Å². The third-order valence-electron chi connectivity index (χ3n) is 4.03. The molecule has 0 radical (unpaired) electrons. The molecule has 2 unspecified atom stereocenters. The number of hydrogen-bond donors (Lipinski definition) is 3. The van der Waals surface area contributed by atoms with Crippen LogP contribution in [-0.2, 0) is 9.59 Å².